The first-order valence-corrected chi connectivity index (χ1v) is 6.28. The van der Waals surface area contributed by atoms with E-state index in [2.05, 4.69) is 17.2 Å². The molecule has 0 spiro atoms. The zero-order chi connectivity index (χ0) is 14.5. The van der Waals surface area contributed by atoms with E-state index in [0.29, 0.717) is 12.2 Å². The van der Waals surface area contributed by atoms with Gasteiger partial charge in [0.05, 0.1) is 6.10 Å². The number of carbonyl (C=O) groups is 1. The van der Waals surface area contributed by atoms with Crippen molar-refractivity contribution in [1.82, 2.24) is 5.32 Å². The zero-order valence-corrected chi connectivity index (χ0v) is 11.7. The van der Waals surface area contributed by atoms with Crippen molar-refractivity contribution in [2.45, 2.75) is 32.4 Å². The Hall–Kier alpha value is -1.65. The number of carbonyl (C=O) groups excluding carboxylic acids is 1. The maximum atomic E-state index is 11.1. The maximum Gasteiger partial charge on any atom is 0.247 e. The van der Waals surface area contributed by atoms with E-state index in [9.17, 15) is 9.90 Å². The van der Waals surface area contributed by atoms with Crippen LogP contribution in [0.25, 0.3) is 0 Å². The number of hydrogen-bond acceptors (Lipinski definition) is 3. The van der Waals surface area contributed by atoms with Crippen LogP contribution in [0.15, 0.2) is 36.9 Å². The third kappa shape index (κ3) is 5.68. The summed E-state index contributed by atoms with van der Waals surface area (Å²) in [4.78, 5) is 11.1. The summed E-state index contributed by atoms with van der Waals surface area (Å²) >= 11 is 0. The van der Waals surface area contributed by atoms with E-state index in [4.69, 9.17) is 0 Å². The molecule has 4 nitrogen and oxygen atoms in total. The molecule has 1 unspecified atom stereocenters. The average Bonchev–Trinajstić information content (AvgIpc) is 2.36. The van der Waals surface area contributed by atoms with Crippen LogP contribution in [0.1, 0.15) is 32.4 Å². The van der Waals surface area contributed by atoms with Gasteiger partial charge in [-0.25, -0.2) is 0 Å². The predicted molar refractivity (Wildman–Crippen MR) is 78.0 cm³/mol. The number of hydrogen-bond donors (Lipinski definition) is 3. The summed E-state index contributed by atoms with van der Waals surface area (Å²) in [5.41, 5.74) is 1.47. The second-order valence-corrected chi connectivity index (χ2v) is 5.46. The highest BCUT2D eigenvalue weighted by molar-refractivity contribution is 5.98. The number of aliphatic hydroxyl groups excluding tert-OH is 1. The summed E-state index contributed by atoms with van der Waals surface area (Å²) in [5, 5.41) is 15.9. The SMILES string of the molecule is C=CC(=O)Nc1ccc(C(O)CNC(C)(C)C)cc1. The lowest BCUT2D eigenvalue weighted by Crippen LogP contribution is -2.38. The highest BCUT2D eigenvalue weighted by Crippen LogP contribution is 2.16. The van der Waals surface area contributed by atoms with E-state index in [1.54, 1.807) is 24.3 Å². The predicted octanol–water partition coefficient (Wildman–Crippen LogP) is 2.23. The molecule has 0 bridgehead atoms. The van der Waals surface area contributed by atoms with Gasteiger partial charge in [-0.1, -0.05) is 18.7 Å². The van der Waals surface area contributed by atoms with Gasteiger partial charge in [0.15, 0.2) is 0 Å². The Morgan fingerprint density at radius 3 is 2.42 bits per heavy atom. The molecule has 0 aliphatic carbocycles. The summed E-state index contributed by atoms with van der Waals surface area (Å²) in [6.45, 7) is 10.0. The minimum absolute atomic E-state index is 0.0289. The average molecular weight is 262 g/mol. The monoisotopic (exact) mass is 262 g/mol. The molecule has 19 heavy (non-hydrogen) atoms. The zero-order valence-electron chi connectivity index (χ0n) is 11.7. The summed E-state index contributed by atoms with van der Waals surface area (Å²) in [6.07, 6.45) is 0.652. The van der Waals surface area contributed by atoms with Crippen molar-refractivity contribution < 1.29 is 9.90 Å². The van der Waals surface area contributed by atoms with E-state index < -0.39 is 6.10 Å². The van der Waals surface area contributed by atoms with Gasteiger partial charge in [-0.05, 0) is 44.5 Å². The van der Waals surface area contributed by atoms with Crippen LogP contribution in [0.3, 0.4) is 0 Å². The van der Waals surface area contributed by atoms with Gasteiger partial charge in [0.1, 0.15) is 0 Å². The standard InChI is InChI=1S/C15H22N2O2/c1-5-14(19)17-12-8-6-11(7-9-12)13(18)10-16-15(2,3)4/h5-9,13,16,18H,1,10H2,2-4H3,(H,17,19). The molecule has 0 radical (unpaired) electrons. The van der Waals surface area contributed by atoms with E-state index >= 15 is 0 Å². The third-order valence-corrected chi connectivity index (χ3v) is 2.57. The molecule has 0 aromatic heterocycles. The van der Waals surface area contributed by atoms with Crippen LogP contribution >= 0.6 is 0 Å². The van der Waals surface area contributed by atoms with E-state index in [1.165, 1.54) is 6.08 Å². The Bertz CT molecular complexity index is 432. The minimum atomic E-state index is -0.566. The van der Waals surface area contributed by atoms with E-state index in [1.807, 2.05) is 20.8 Å². The number of β-amino-alcohol motifs (C(OH)–C–C–N with tert-alkyl or cyclic N) is 1. The quantitative estimate of drug-likeness (QED) is 0.713. The Morgan fingerprint density at radius 1 is 1.37 bits per heavy atom. The van der Waals surface area contributed by atoms with Crippen molar-refractivity contribution in [2.75, 3.05) is 11.9 Å². The number of rotatable bonds is 5. The first-order chi connectivity index (χ1) is 8.81. The van der Waals surface area contributed by atoms with Gasteiger partial charge in [-0.3, -0.25) is 4.79 Å². The fraction of sp³-hybridized carbons (Fsp3) is 0.400. The smallest absolute Gasteiger partial charge is 0.247 e. The van der Waals surface area contributed by atoms with Crippen LogP contribution in [0, 0.1) is 0 Å². The van der Waals surface area contributed by atoms with E-state index in [0.717, 1.165) is 5.56 Å². The fourth-order valence-corrected chi connectivity index (χ4v) is 1.50. The van der Waals surface area contributed by atoms with Crippen LogP contribution in [-0.2, 0) is 4.79 Å². The summed E-state index contributed by atoms with van der Waals surface area (Å²) in [7, 11) is 0. The van der Waals surface area contributed by atoms with Crippen LogP contribution in [0.4, 0.5) is 5.69 Å². The molecule has 104 valence electrons. The Balaban J connectivity index is 2.60. The molecule has 0 heterocycles. The van der Waals surface area contributed by atoms with Crippen LogP contribution in [0.2, 0.25) is 0 Å². The van der Waals surface area contributed by atoms with Crippen LogP contribution in [0.5, 0.6) is 0 Å². The van der Waals surface area contributed by atoms with Gasteiger partial charge in [-0.15, -0.1) is 0 Å². The molecular formula is C15H22N2O2. The van der Waals surface area contributed by atoms with Crippen LogP contribution in [-0.4, -0.2) is 23.1 Å². The summed E-state index contributed by atoms with van der Waals surface area (Å²) < 4.78 is 0. The molecule has 0 fully saturated rings. The lowest BCUT2D eigenvalue weighted by molar-refractivity contribution is -0.111. The minimum Gasteiger partial charge on any atom is -0.387 e. The Kier molecular flexibility index (Phi) is 5.27. The Labute approximate surface area is 114 Å². The molecule has 1 rings (SSSR count). The second-order valence-electron chi connectivity index (χ2n) is 5.46. The van der Waals surface area contributed by atoms with Crippen LogP contribution < -0.4 is 10.6 Å². The van der Waals surface area contributed by atoms with Gasteiger partial charge in [0.2, 0.25) is 5.91 Å². The highest BCUT2D eigenvalue weighted by atomic mass is 16.3. The number of amides is 1. The molecule has 0 aliphatic rings. The second kappa shape index (κ2) is 6.50. The van der Waals surface area contributed by atoms with Gasteiger partial charge < -0.3 is 15.7 Å². The van der Waals surface area contributed by atoms with Crippen molar-refractivity contribution in [1.29, 1.82) is 0 Å². The molecule has 1 aromatic rings. The van der Waals surface area contributed by atoms with Gasteiger partial charge >= 0.3 is 0 Å². The third-order valence-electron chi connectivity index (χ3n) is 2.57. The molecule has 0 aliphatic heterocycles. The van der Waals surface area contributed by atoms with Crippen molar-refractivity contribution in [3.63, 3.8) is 0 Å². The lowest BCUT2D eigenvalue weighted by Gasteiger charge is -2.23. The van der Waals surface area contributed by atoms with Crippen molar-refractivity contribution in [3.8, 4) is 0 Å². The number of nitrogens with one attached hydrogen (secondary N) is 2. The topological polar surface area (TPSA) is 61.4 Å². The summed E-state index contributed by atoms with van der Waals surface area (Å²) in [6, 6.07) is 7.12. The first kappa shape index (κ1) is 15.4. The summed E-state index contributed by atoms with van der Waals surface area (Å²) in [5.74, 6) is -0.248. The molecule has 3 N–H and O–H groups in total. The molecule has 0 saturated heterocycles. The molecule has 1 aromatic carbocycles. The van der Waals surface area contributed by atoms with Crippen molar-refractivity contribution in [3.05, 3.63) is 42.5 Å². The number of anilines is 1. The largest absolute Gasteiger partial charge is 0.387 e. The van der Waals surface area contributed by atoms with Crippen molar-refractivity contribution >= 4 is 11.6 Å². The molecule has 0 saturated carbocycles. The number of benzene rings is 1. The fourth-order valence-electron chi connectivity index (χ4n) is 1.50. The lowest BCUT2D eigenvalue weighted by atomic mass is 10.1. The molecule has 1 atom stereocenters. The first-order valence-electron chi connectivity index (χ1n) is 6.28. The Morgan fingerprint density at radius 2 is 1.95 bits per heavy atom. The number of aliphatic hydroxyl groups is 1. The van der Waals surface area contributed by atoms with E-state index in [-0.39, 0.29) is 11.4 Å². The van der Waals surface area contributed by atoms with Gasteiger partial charge in [0.25, 0.3) is 0 Å². The van der Waals surface area contributed by atoms with Gasteiger partial charge in [0, 0.05) is 17.8 Å². The molecule has 4 heteroatoms. The van der Waals surface area contributed by atoms with Gasteiger partial charge in [-0.2, -0.15) is 0 Å². The maximum absolute atomic E-state index is 11.1. The van der Waals surface area contributed by atoms with Crippen molar-refractivity contribution in [2.24, 2.45) is 0 Å². The molecular weight excluding hydrogens is 240 g/mol. The molecule has 1 amide bonds. The highest BCUT2D eigenvalue weighted by Gasteiger charge is 2.13. The normalized spacial score (nSPS) is 12.8.